The Labute approximate surface area is 133 Å². The van der Waals surface area contributed by atoms with Gasteiger partial charge in [0.05, 0.1) is 0 Å². The van der Waals surface area contributed by atoms with Gasteiger partial charge in [-0.15, -0.1) is 0 Å². The van der Waals surface area contributed by atoms with Gasteiger partial charge in [-0.1, -0.05) is 12.1 Å². The minimum atomic E-state index is -0.393. The van der Waals surface area contributed by atoms with Crippen LogP contribution in [0.15, 0.2) is 48.5 Å². The zero-order valence-electron chi connectivity index (χ0n) is 12.7. The van der Waals surface area contributed by atoms with Crippen molar-refractivity contribution < 1.29 is 14.0 Å². The predicted octanol–water partition coefficient (Wildman–Crippen LogP) is 3.22. The van der Waals surface area contributed by atoms with Gasteiger partial charge < -0.3 is 16.0 Å². The Bertz CT molecular complexity index is 704. The Kier molecular flexibility index (Phi) is 5.68. The smallest absolute Gasteiger partial charge is 0.226 e. The van der Waals surface area contributed by atoms with E-state index in [0.717, 1.165) is 5.69 Å². The lowest BCUT2D eigenvalue weighted by atomic mass is 10.2. The maximum Gasteiger partial charge on any atom is 0.226 e. The first-order chi connectivity index (χ1) is 11.0. The molecule has 120 valence electrons. The summed E-state index contributed by atoms with van der Waals surface area (Å²) in [5, 5.41) is 8.42. The highest BCUT2D eigenvalue weighted by Crippen LogP contribution is 2.15. The molecule has 0 saturated carbocycles. The molecule has 0 heterocycles. The number of rotatable bonds is 6. The second kappa shape index (κ2) is 7.93. The fourth-order valence-corrected chi connectivity index (χ4v) is 2.02. The molecule has 0 unspecified atom stereocenters. The SMILES string of the molecule is CC(=O)Nc1cccc(NCCC(=O)Nc2cccc(F)c2)c1. The molecule has 2 aromatic carbocycles. The Morgan fingerprint density at radius 1 is 0.957 bits per heavy atom. The highest BCUT2D eigenvalue weighted by atomic mass is 19.1. The fourth-order valence-electron chi connectivity index (χ4n) is 2.02. The summed E-state index contributed by atoms with van der Waals surface area (Å²) in [4.78, 5) is 22.8. The summed E-state index contributed by atoms with van der Waals surface area (Å²) in [5.41, 5.74) is 1.92. The highest BCUT2D eigenvalue weighted by Gasteiger charge is 2.03. The van der Waals surface area contributed by atoms with Gasteiger partial charge in [-0.2, -0.15) is 0 Å². The van der Waals surface area contributed by atoms with E-state index in [-0.39, 0.29) is 18.2 Å². The third-order valence-corrected chi connectivity index (χ3v) is 2.97. The molecule has 0 aliphatic heterocycles. The van der Waals surface area contributed by atoms with E-state index in [1.807, 2.05) is 6.07 Å². The summed E-state index contributed by atoms with van der Waals surface area (Å²) in [7, 11) is 0. The molecule has 0 aliphatic carbocycles. The topological polar surface area (TPSA) is 70.2 Å². The van der Waals surface area contributed by atoms with Gasteiger partial charge in [-0.25, -0.2) is 4.39 Å². The van der Waals surface area contributed by atoms with Gasteiger partial charge in [-0.3, -0.25) is 9.59 Å². The molecular formula is C17H18FN3O2. The van der Waals surface area contributed by atoms with Gasteiger partial charge in [-0.05, 0) is 36.4 Å². The number of amides is 2. The van der Waals surface area contributed by atoms with Crippen LogP contribution in [-0.2, 0) is 9.59 Å². The zero-order valence-corrected chi connectivity index (χ0v) is 12.7. The van der Waals surface area contributed by atoms with Crippen molar-refractivity contribution in [2.24, 2.45) is 0 Å². The van der Waals surface area contributed by atoms with Gasteiger partial charge in [0.1, 0.15) is 5.82 Å². The van der Waals surface area contributed by atoms with E-state index in [2.05, 4.69) is 16.0 Å². The van der Waals surface area contributed by atoms with E-state index in [4.69, 9.17) is 0 Å². The molecule has 23 heavy (non-hydrogen) atoms. The van der Waals surface area contributed by atoms with Crippen molar-refractivity contribution in [1.82, 2.24) is 0 Å². The second-order valence-corrected chi connectivity index (χ2v) is 5.00. The van der Waals surface area contributed by atoms with Gasteiger partial charge in [0, 0.05) is 37.0 Å². The molecule has 0 atom stereocenters. The summed E-state index contributed by atoms with van der Waals surface area (Å²) < 4.78 is 13.0. The van der Waals surface area contributed by atoms with Crippen molar-refractivity contribution in [2.75, 3.05) is 22.5 Å². The molecule has 6 heteroatoms. The molecule has 0 radical (unpaired) electrons. The number of hydrogen-bond donors (Lipinski definition) is 3. The first-order valence-electron chi connectivity index (χ1n) is 7.20. The van der Waals surface area contributed by atoms with Crippen LogP contribution in [0.3, 0.4) is 0 Å². The summed E-state index contributed by atoms with van der Waals surface area (Å²) in [5.74, 6) is -0.742. The molecule has 3 N–H and O–H groups in total. The van der Waals surface area contributed by atoms with E-state index >= 15 is 0 Å². The molecule has 0 aliphatic rings. The van der Waals surface area contributed by atoms with E-state index in [1.54, 1.807) is 24.3 Å². The van der Waals surface area contributed by atoms with Crippen LogP contribution in [-0.4, -0.2) is 18.4 Å². The molecule has 2 amide bonds. The molecule has 2 rings (SSSR count). The Hall–Kier alpha value is -2.89. The van der Waals surface area contributed by atoms with Crippen LogP contribution < -0.4 is 16.0 Å². The number of nitrogens with one attached hydrogen (secondary N) is 3. The summed E-state index contributed by atoms with van der Waals surface area (Å²) >= 11 is 0. The van der Waals surface area contributed by atoms with Crippen LogP contribution in [0.1, 0.15) is 13.3 Å². The molecular weight excluding hydrogens is 297 g/mol. The quantitative estimate of drug-likeness (QED) is 0.766. The van der Waals surface area contributed by atoms with Crippen LogP contribution in [0.25, 0.3) is 0 Å². The van der Waals surface area contributed by atoms with E-state index in [1.165, 1.54) is 25.1 Å². The van der Waals surface area contributed by atoms with Crippen LogP contribution >= 0.6 is 0 Å². The lowest BCUT2D eigenvalue weighted by molar-refractivity contribution is -0.116. The Morgan fingerprint density at radius 2 is 1.61 bits per heavy atom. The van der Waals surface area contributed by atoms with Crippen LogP contribution in [0, 0.1) is 5.82 Å². The standard InChI is InChI=1S/C17H18FN3O2/c1-12(22)20-16-7-3-5-14(11-16)19-9-8-17(23)21-15-6-2-4-13(18)10-15/h2-7,10-11,19H,8-9H2,1H3,(H,20,22)(H,21,23). The summed E-state index contributed by atoms with van der Waals surface area (Å²) in [6.45, 7) is 1.86. The average molecular weight is 315 g/mol. The molecule has 0 fully saturated rings. The molecule has 0 spiro atoms. The van der Waals surface area contributed by atoms with E-state index in [0.29, 0.717) is 17.9 Å². The monoisotopic (exact) mass is 315 g/mol. The number of carbonyl (C=O) groups excluding carboxylic acids is 2. The van der Waals surface area contributed by atoms with Gasteiger partial charge in [0.2, 0.25) is 11.8 Å². The number of halogens is 1. The molecule has 0 aromatic heterocycles. The van der Waals surface area contributed by atoms with Crippen molar-refractivity contribution in [1.29, 1.82) is 0 Å². The molecule has 0 saturated heterocycles. The molecule has 2 aromatic rings. The minimum Gasteiger partial charge on any atom is -0.384 e. The van der Waals surface area contributed by atoms with Crippen molar-refractivity contribution in [3.8, 4) is 0 Å². The van der Waals surface area contributed by atoms with Gasteiger partial charge >= 0.3 is 0 Å². The molecule has 5 nitrogen and oxygen atoms in total. The van der Waals surface area contributed by atoms with E-state index in [9.17, 15) is 14.0 Å². The maximum absolute atomic E-state index is 13.0. The normalized spacial score (nSPS) is 10.0. The van der Waals surface area contributed by atoms with Crippen molar-refractivity contribution in [2.45, 2.75) is 13.3 Å². The second-order valence-electron chi connectivity index (χ2n) is 5.00. The van der Waals surface area contributed by atoms with Crippen LogP contribution in [0.2, 0.25) is 0 Å². The van der Waals surface area contributed by atoms with Gasteiger partial charge in [0.15, 0.2) is 0 Å². The molecule has 0 bridgehead atoms. The highest BCUT2D eigenvalue weighted by molar-refractivity contribution is 5.91. The average Bonchev–Trinajstić information content (AvgIpc) is 2.47. The number of anilines is 3. The van der Waals surface area contributed by atoms with Gasteiger partial charge in [0.25, 0.3) is 0 Å². The van der Waals surface area contributed by atoms with Crippen LogP contribution in [0.5, 0.6) is 0 Å². The number of benzene rings is 2. The first kappa shape index (κ1) is 16.5. The van der Waals surface area contributed by atoms with Crippen molar-refractivity contribution in [3.63, 3.8) is 0 Å². The van der Waals surface area contributed by atoms with Crippen molar-refractivity contribution >= 4 is 28.9 Å². The lowest BCUT2D eigenvalue weighted by Crippen LogP contribution is -2.16. The first-order valence-corrected chi connectivity index (χ1v) is 7.20. The van der Waals surface area contributed by atoms with Crippen LogP contribution in [0.4, 0.5) is 21.5 Å². The summed E-state index contributed by atoms with van der Waals surface area (Å²) in [6, 6.07) is 13.0. The third kappa shape index (κ3) is 5.78. The largest absolute Gasteiger partial charge is 0.384 e. The number of carbonyl (C=O) groups is 2. The zero-order chi connectivity index (χ0) is 16.7. The number of hydrogen-bond acceptors (Lipinski definition) is 3. The Balaban J connectivity index is 1.80. The maximum atomic E-state index is 13.0. The van der Waals surface area contributed by atoms with E-state index < -0.39 is 5.82 Å². The predicted molar refractivity (Wildman–Crippen MR) is 88.9 cm³/mol. The lowest BCUT2D eigenvalue weighted by Gasteiger charge is -2.09. The third-order valence-electron chi connectivity index (χ3n) is 2.97. The summed E-state index contributed by atoms with van der Waals surface area (Å²) in [6.07, 6.45) is 0.237. The fraction of sp³-hybridized carbons (Fsp3) is 0.176. The minimum absolute atomic E-state index is 0.142. The Morgan fingerprint density at radius 3 is 2.30 bits per heavy atom. The van der Waals surface area contributed by atoms with Crippen molar-refractivity contribution in [3.05, 3.63) is 54.3 Å².